The second-order valence-corrected chi connectivity index (χ2v) is 6.70. The normalized spacial score (nSPS) is 27.2. The third-order valence-corrected chi connectivity index (χ3v) is 5.49. The molecule has 1 unspecified atom stereocenters. The SMILES string of the molecule is CNC(C)c1ccc(N2CCC[C@H]3CCCC[C@H]32)cc1O. The third-order valence-electron chi connectivity index (χ3n) is 5.49. The fourth-order valence-corrected chi connectivity index (χ4v) is 4.18. The van der Waals surface area contributed by atoms with Crippen molar-refractivity contribution in [2.24, 2.45) is 5.92 Å². The first-order chi connectivity index (χ1) is 10.2. The maximum absolute atomic E-state index is 10.4. The summed E-state index contributed by atoms with van der Waals surface area (Å²) in [7, 11) is 1.93. The number of nitrogens with one attached hydrogen (secondary N) is 1. The number of hydrogen-bond acceptors (Lipinski definition) is 3. The molecule has 2 aliphatic rings. The van der Waals surface area contributed by atoms with Crippen molar-refractivity contribution in [2.75, 3.05) is 18.5 Å². The van der Waals surface area contributed by atoms with E-state index >= 15 is 0 Å². The van der Waals surface area contributed by atoms with Gasteiger partial charge in [-0.2, -0.15) is 0 Å². The molecule has 0 spiro atoms. The Labute approximate surface area is 128 Å². The average Bonchev–Trinajstić information content (AvgIpc) is 2.53. The van der Waals surface area contributed by atoms with E-state index in [1.54, 1.807) is 0 Å². The van der Waals surface area contributed by atoms with E-state index in [9.17, 15) is 5.11 Å². The number of fused-ring (bicyclic) bond motifs is 1. The minimum absolute atomic E-state index is 0.183. The molecule has 3 atom stereocenters. The van der Waals surface area contributed by atoms with Gasteiger partial charge in [-0.3, -0.25) is 0 Å². The fourth-order valence-electron chi connectivity index (χ4n) is 4.18. The van der Waals surface area contributed by atoms with Crippen molar-refractivity contribution < 1.29 is 5.11 Å². The Balaban J connectivity index is 1.84. The molecule has 1 heterocycles. The molecule has 21 heavy (non-hydrogen) atoms. The summed E-state index contributed by atoms with van der Waals surface area (Å²) in [6.07, 6.45) is 8.15. The number of piperidine rings is 1. The summed E-state index contributed by atoms with van der Waals surface area (Å²) in [4.78, 5) is 2.56. The van der Waals surface area contributed by atoms with Crippen LogP contribution in [0.3, 0.4) is 0 Å². The maximum atomic E-state index is 10.4. The van der Waals surface area contributed by atoms with Gasteiger partial charge in [-0.15, -0.1) is 0 Å². The minimum atomic E-state index is 0.183. The lowest BCUT2D eigenvalue weighted by Crippen LogP contribution is -2.46. The molecule has 2 fully saturated rings. The van der Waals surface area contributed by atoms with Crippen LogP contribution in [0.5, 0.6) is 5.75 Å². The van der Waals surface area contributed by atoms with Gasteiger partial charge in [-0.25, -0.2) is 0 Å². The summed E-state index contributed by atoms with van der Waals surface area (Å²) in [6, 6.07) is 7.13. The molecule has 0 amide bonds. The standard InChI is InChI=1S/C18H28N2O/c1-13(19-2)16-10-9-15(12-18(16)21)20-11-5-7-14-6-3-4-8-17(14)20/h9-10,12-14,17,19,21H,3-8,11H2,1-2H3/t13?,14-,17-/m1/s1. The molecule has 1 aliphatic heterocycles. The number of hydrogen-bond donors (Lipinski definition) is 2. The number of phenolic OH excluding ortho intramolecular Hbond substituents is 1. The molecule has 0 aromatic heterocycles. The monoisotopic (exact) mass is 288 g/mol. The lowest BCUT2D eigenvalue weighted by Gasteiger charge is -2.45. The molecular formula is C18H28N2O. The first-order valence-electron chi connectivity index (χ1n) is 8.47. The molecule has 1 saturated heterocycles. The summed E-state index contributed by atoms with van der Waals surface area (Å²) < 4.78 is 0. The van der Waals surface area contributed by atoms with Gasteiger partial charge < -0.3 is 15.3 Å². The zero-order valence-electron chi connectivity index (χ0n) is 13.3. The minimum Gasteiger partial charge on any atom is -0.508 e. The van der Waals surface area contributed by atoms with Gasteiger partial charge in [0.25, 0.3) is 0 Å². The Morgan fingerprint density at radius 1 is 1.19 bits per heavy atom. The van der Waals surface area contributed by atoms with E-state index in [0.29, 0.717) is 11.8 Å². The van der Waals surface area contributed by atoms with Crippen molar-refractivity contribution in [1.82, 2.24) is 5.32 Å². The van der Waals surface area contributed by atoms with Crippen LogP contribution in [0.2, 0.25) is 0 Å². The number of phenols is 1. The highest BCUT2D eigenvalue weighted by atomic mass is 16.3. The maximum Gasteiger partial charge on any atom is 0.122 e. The molecule has 2 N–H and O–H groups in total. The zero-order valence-corrected chi connectivity index (χ0v) is 13.3. The van der Waals surface area contributed by atoms with Crippen molar-refractivity contribution in [2.45, 2.75) is 57.5 Å². The first-order valence-corrected chi connectivity index (χ1v) is 8.47. The van der Waals surface area contributed by atoms with E-state index in [2.05, 4.69) is 29.3 Å². The second kappa shape index (κ2) is 6.27. The van der Waals surface area contributed by atoms with Crippen LogP contribution >= 0.6 is 0 Å². The molecular weight excluding hydrogens is 260 g/mol. The number of aromatic hydroxyl groups is 1. The van der Waals surface area contributed by atoms with E-state index in [1.165, 1.54) is 44.2 Å². The lowest BCUT2D eigenvalue weighted by atomic mass is 9.78. The summed E-state index contributed by atoms with van der Waals surface area (Å²) >= 11 is 0. The smallest absolute Gasteiger partial charge is 0.122 e. The molecule has 3 rings (SSSR count). The number of anilines is 1. The van der Waals surface area contributed by atoms with E-state index < -0.39 is 0 Å². The van der Waals surface area contributed by atoms with E-state index in [1.807, 2.05) is 13.1 Å². The molecule has 1 saturated carbocycles. The number of rotatable bonds is 3. The largest absolute Gasteiger partial charge is 0.508 e. The van der Waals surface area contributed by atoms with Crippen LogP contribution in [0.1, 0.15) is 57.1 Å². The van der Waals surface area contributed by atoms with Gasteiger partial charge in [-0.1, -0.05) is 18.9 Å². The quantitative estimate of drug-likeness (QED) is 0.887. The van der Waals surface area contributed by atoms with Crippen LogP contribution in [0.15, 0.2) is 18.2 Å². The van der Waals surface area contributed by atoms with Crippen LogP contribution in [0, 0.1) is 5.92 Å². The average molecular weight is 288 g/mol. The molecule has 1 aliphatic carbocycles. The van der Waals surface area contributed by atoms with Crippen molar-refractivity contribution in [1.29, 1.82) is 0 Å². The Morgan fingerprint density at radius 2 is 1.95 bits per heavy atom. The van der Waals surface area contributed by atoms with Crippen molar-refractivity contribution in [3.8, 4) is 5.75 Å². The Kier molecular flexibility index (Phi) is 4.39. The van der Waals surface area contributed by atoms with Crippen LogP contribution in [0.25, 0.3) is 0 Å². The van der Waals surface area contributed by atoms with Crippen LogP contribution in [0.4, 0.5) is 5.69 Å². The highest BCUT2D eigenvalue weighted by Crippen LogP contribution is 2.39. The van der Waals surface area contributed by atoms with Gasteiger partial charge in [0.15, 0.2) is 0 Å². The molecule has 3 heteroatoms. The second-order valence-electron chi connectivity index (χ2n) is 6.70. The van der Waals surface area contributed by atoms with Gasteiger partial charge in [-0.05, 0) is 51.6 Å². The van der Waals surface area contributed by atoms with E-state index in [0.717, 1.165) is 18.0 Å². The van der Waals surface area contributed by atoms with Crippen molar-refractivity contribution in [3.05, 3.63) is 23.8 Å². The van der Waals surface area contributed by atoms with E-state index in [-0.39, 0.29) is 6.04 Å². The van der Waals surface area contributed by atoms with Gasteiger partial charge in [0.05, 0.1) is 0 Å². The van der Waals surface area contributed by atoms with Gasteiger partial charge in [0.1, 0.15) is 5.75 Å². The first kappa shape index (κ1) is 14.7. The summed E-state index contributed by atoms with van der Waals surface area (Å²) in [6.45, 7) is 3.22. The lowest BCUT2D eigenvalue weighted by molar-refractivity contribution is 0.243. The van der Waals surface area contributed by atoms with Gasteiger partial charge >= 0.3 is 0 Å². The van der Waals surface area contributed by atoms with Crippen molar-refractivity contribution >= 4 is 5.69 Å². The fraction of sp³-hybridized carbons (Fsp3) is 0.667. The predicted octanol–water partition coefficient (Wildman–Crippen LogP) is 3.83. The summed E-state index contributed by atoms with van der Waals surface area (Å²) in [5, 5.41) is 13.5. The number of benzene rings is 1. The van der Waals surface area contributed by atoms with Gasteiger partial charge in [0.2, 0.25) is 0 Å². The summed E-state index contributed by atoms with van der Waals surface area (Å²) in [5.74, 6) is 1.29. The number of nitrogens with zero attached hydrogens (tertiary/aromatic N) is 1. The molecule has 0 bridgehead atoms. The van der Waals surface area contributed by atoms with Crippen LogP contribution < -0.4 is 10.2 Å². The molecule has 3 nitrogen and oxygen atoms in total. The Bertz CT molecular complexity index is 486. The topological polar surface area (TPSA) is 35.5 Å². The molecule has 1 aromatic carbocycles. The van der Waals surface area contributed by atoms with Crippen molar-refractivity contribution in [3.63, 3.8) is 0 Å². The van der Waals surface area contributed by atoms with Gasteiger partial charge in [0, 0.05) is 35.9 Å². The van der Waals surface area contributed by atoms with Crippen LogP contribution in [-0.4, -0.2) is 24.7 Å². The Hall–Kier alpha value is -1.22. The molecule has 1 aromatic rings. The predicted molar refractivity (Wildman–Crippen MR) is 87.9 cm³/mol. The zero-order chi connectivity index (χ0) is 14.8. The highest BCUT2D eigenvalue weighted by molar-refractivity contribution is 5.55. The summed E-state index contributed by atoms with van der Waals surface area (Å²) in [5.41, 5.74) is 2.19. The highest BCUT2D eigenvalue weighted by Gasteiger charge is 2.33. The third kappa shape index (κ3) is 2.89. The van der Waals surface area contributed by atoms with E-state index in [4.69, 9.17) is 0 Å². The van der Waals surface area contributed by atoms with Crippen LogP contribution in [-0.2, 0) is 0 Å². The molecule has 0 radical (unpaired) electrons. The molecule has 116 valence electrons. The Morgan fingerprint density at radius 3 is 2.71 bits per heavy atom.